The van der Waals surface area contributed by atoms with Crippen LogP contribution in [-0.4, -0.2) is 67.3 Å². The van der Waals surface area contributed by atoms with E-state index in [0.29, 0.717) is 12.3 Å². The number of amides is 1. The van der Waals surface area contributed by atoms with Gasteiger partial charge < -0.3 is 15.1 Å². The highest BCUT2D eigenvalue weighted by Gasteiger charge is 2.37. The molecule has 1 heterocycles. The second kappa shape index (κ2) is 19.6. The van der Waals surface area contributed by atoms with Crippen LogP contribution in [0.4, 0.5) is 0 Å². The van der Waals surface area contributed by atoms with Crippen molar-refractivity contribution in [2.45, 2.75) is 62.5 Å². The highest BCUT2D eigenvalue weighted by Crippen LogP contribution is 2.48. The van der Waals surface area contributed by atoms with Gasteiger partial charge in [0.05, 0.1) is 10.5 Å². The fourth-order valence-electron chi connectivity index (χ4n) is 7.24. The lowest BCUT2D eigenvalue weighted by Crippen LogP contribution is -2.37. The molecule has 0 unspecified atom stereocenters. The van der Waals surface area contributed by atoms with Crippen LogP contribution in [0, 0.1) is 0 Å². The van der Waals surface area contributed by atoms with Crippen molar-refractivity contribution >= 4 is 17.7 Å². The average molecular weight is 662 g/mol. The van der Waals surface area contributed by atoms with Crippen LogP contribution in [0.2, 0.25) is 0 Å². The summed E-state index contributed by atoms with van der Waals surface area (Å²) in [4.78, 5) is 18.5. The molecular formula is C43H55N3OS. The van der Waals surface area contributed by atoms with Crippen LogP contribution < -0.4 is 5.32 Å². The first-order valence-electron chi connectivity index (χ1n) is 18.3. The number of carbonyl (C=O) groups excluding carboxylic acids is 1. The minimum absolute atomic E-state index is 0.0939. The van der Waals surface area contributed by atoms with Crippen LogP contribution >= 0.6 is 11.8 Å². The Balaban J connectivity index is 1.04. The molecule has 1 aliphatic rings. The lowest BCUT2D eigenvalue weighted by atomic mass is 9.84. The van der Waals surface area contributed by atoms with E-state index in [9.17, 15) is 4.79 Å². The van der Waals surface area contributed by atoms with E-state index in [0.717, 1.165) is 32.0 Å². The number of nitrogens with zero attached hydrogens (tertiary/aromatic N) is 2. The van der Waals surface area contributed by atoms with E-state index in [4.69, 9.17) is 0 Å². The number of likely N-dealkylation sites (tertiary alicyclic amines) is 1. The first kappa shape index (κ1) is 35.9. The van der Waals surface area contributed by atoms with Crippen molar-refractivity contribution < 1.29 is 4.79 Å². The van der Waals surface area contributed by atoms with Gasteiger partial charge in [0.15, 0.2) is 0 Å². The Labute approximate surface area is 294 Å². The number of carbonyl (C=O) groups is 1. The van der Waals surface area contributed by atoms with Gasteiger partial charge in [-0.3, -0.25) is 4.79 Å². The molecule has 48 heavy (non-hydrogen) atoms. The second-order valence-corrected chi connectivity index (χ2v) is 14.4. The molecule has 0 atom stereocenters. The van der Waals surface area contributed by atoms with Crippen molar-refractivity contribution in [2.75, 3.05) is 51.6 Å². The number of piperidine rings is 1. The summed E-state index contributed by atoms with van der Waals surface area (Å²) in [6.45, 7) is 9.75. The normalized spacial score (nSPS) is 14.3. The van der Waals surface area contributed by atoms with Crippen molar-refractivity contribution in [1.82, 2.24) is 15.1 Å². The Hall–Kier alpha value is -3.38. The van der Waals surface area contributed by atoms with Crippen molar-refractivity contribution in [3.8, 4) is 0 Å². The molecule has 1 N–H and O–H groups in total. The van der Waals surface area contributed by atoms with Gasteiger partial charge in [0.1, 0.15) is 0 Å². The minimum Gasteiger partial charge on any atom is -0.354 e. The number of unbranched alkanes of at least 4 members (excludes halogenated alkanes) is 3. The molecule has 5 heteroatoms. The smallest absolute Gasteiger partial charge is 0.230 e. The van der Waals surface area contributed by atoms with Crippen molar-refractivity contribution in [3.63, 3.8) is 0 Å². The number of benzene rings is 4. The predicted molar refractivity (Wildman–Crippen MR) is 205 cm³/mol. The summed E-state index contributed by atoms with van der Waals surface area (Å²) in [5, 5.41) is 3.25. The molecule has 0 saturated carbocycles. The second-order valence-electron chi connectivity index (χ2n) is 13.2. The molecule has 0 aromatic heterocycles. The standard InChI is InChI=1S/C43H55N3OS/c1-2-30-45(31-17-3-4-18-32-46-33-27-38(28-34-46)37-19-9-5-10-20-37)35-29-44-42(47)36-48-43(39-21-11-6-12-22-39,40-23-13-7-14-24-40)41-25-15-8-16-26-41/h5-16,19-26,38H,2-4,17-18,27-36H2,1H3,(H,44,47). The molecule has 0 spiro atoms. The molecule has 0 radical (unpaired) electrons. The molecule has 254 valence electrons. The van der Waals surface area contributed by atoms with Crippen LogP contribution in [0.5, 0.6) is 0 Å². The molecule has 5 rings (SSSR count). The molecular weight excluding hydrogens is 607 g/mol. The molecule has 1 amide bonds. The first-order chi connectivity index (χ1) is 23.7. The van der Waals surface area contributed by atoms with Crippen LogP contribution in [0.3, 0.4) is 0 Å². The largest absolute Gasteiger partial charge is 0.354 e. The predicted octanol–water partition coefficient (Wildman–Crippen LogP) is 8.98. The summed E-state index contributed by atoms with van der Waals surface area (Å²) in [6.07, 6.45) is 8.83. The van der Waals surface area contributed by atoms with E-state index in [-0.39, 0.29) is 5.91 Å². The number of hydrogen-bond acceptors (Lipinski definition) is 4. The van der Waals surface area contributed by atoms with Crippen molar-refractivity contribution in [2.24, 2.45) is 0 Å². The quantitative estimate of drug-likeness (QED) is 0.0804. The van der Waals surface area contributed by atoms with Gasteiger partial charge in [0.25, 0.3) is 0 Å². The number of nitrogens with one attached hydrogen (secondary N) is 1. The number of rotatable bonds is 19. The Bertz CT molecular complexity index is 1350. The summed E-state index contributed by atoms with van der Waals surface area (Å²) < 4.78 is -0.478. The van der Waals surface area contributed by atoms with Gasteiger partial charge in [-0.15, -0.1) is 11.8 Å². The van der Waals surface area contributed by atoms with Gasteiger partial charge >= 0.3 is 0 Å². The molecule has 0 aliphatic carbocycles. The summed E-state index contributed by atoms with van der Waals surface area (Å²) in [5.41, 5.74) is 5.06. The Morgan fingerprint density at radius 3 is 1.77 bits per heavy atom. The molecule has 4 aromatic rings. The maximum absolute atomic E-state index is 13.3. The van der Waals surface area contributed by atoms with Crippen LogP contribution in [0.1, 0.15) is 80.0 Å². The zero-order chi connectivity index (χ0) is 33.3. The summed E-state index contributed by atoms with van der Waals surface area (Å²) in [5.74, 6) is 1.22. The lowest BCUT2D eigenvalue weighted by Gasteiger charge is -2.35. The minimum atomic E-state index is -0.478. The Morgan fingerprint density at radius 1 is 0.708 bits per heavy atom. The van der Waals surface area contributed by atoms with Crippen LogP contribution in [0.15, 0.2) is 121 Å². The van der Waals surface area contributed by atoms with Gasteiger partial charge in [0, 0.05) is 13.1 Å². The highest BCUT2D eigenvalue weighted by atomic mass is 32.2. The monoisotopic (exact) mass is 661 g/mol. The van der Waals surface area contributed by atoms with Gasteiger partial charge in [0.2, 0.25) is 5.91 Å². The van der Waals surface area contributed by atoms with Gasteiger partial charge in [-0.2, -0.15) is 0 Å². The number of thioether (sulfide) groups is 1. The third kappa shape index (κ3) is 10.3. The molecule has 0 bridgehead atoms. The van der Waals surface area contributed by atoms with Gasteiger partial charge in [-0.1, -0.05) is 141 Å². The highest BCUT2D eigenvalue weighted by molar-refractivity contribution is 8.01. The summed E-state index contributed by atoms with van der Waals surface area (Å²) >= 11 is 1.71. The third-order valence-electron chi connectivity index (χ3n) is 9.81. The van der Waals surface area contributed by atoms with Crippen molar-refractivity contribution in [1.29, 1.82) is 0 Å². The SMILES string of the molecule is CCCN(CCCCCCN1CCC(c2ccccc2)CC1)CCNC(=O)CSC(c1ccccc1)(c1ccccc1)c1ccccc1. The lowest BCUT2D eigenvalue weighted by molar-refractivity contribution is -0.118. The summed E-state index contributed by atoms with van der Waals surface area (Å²) in [6, 6.07) is 42.9. The van der Waals surface area contributed by atoms with E-state index in [1.54, 1.807) is 11.8 Å². The Kier molecular flexibility index (Phi) is 14.6. The zero-order valence-corrected chi connectivity index (χ0v) is 29.8. The maximum Gasteiger partial charge on any atom is 0.230 e. The average Bonchev–Trinajstić information content (AvgIpc) is 3.15. The number of hydrogen-bond donors (Lipinski definition) is 1. The molecule has 4 aromatic carbocycles. The zero-order valence-electron chi connectivity index (χ0n) is 28.9. The molecule has 1 fully saturated rings. The van der Waals surface area contributed by atoms with Crippen LogP contribution in [0.25, 0.3) is 0 Å². The van der Waals surface area contributed by atoms with E-state index >= 15 is 0 Å². The Morgan fingerprint density at radius 2 is 1.23 bits per heavy atom. The van der Waals surface area contributed by atoms with E-state index in [2.05, 4.69) is 143 Å². The van der Waals surface area contributed by atoms with Crippen LogP contribution in [-0.2, 0) is 9.54 Å². The molecule has 1 saturated heterocycles. The maximum atomic E-state index is 13.3. The van der Waals surface area contributed by atoms with E-state index in [1.807, 2.05) is 0 Å². The molecule has 4 nitrogen and oxygen atoms in total. The topological polar surface area (TPSA) is 35.6 Å². The third-order valence-corrected chi connectivity index (χ3v) is 11.4. The first-order valence-corrected chi connectivity index (χ1v) is 19.2. The van der Waals surface area contributed by atoms with E-state index < -0.39 is 4.75 Å². The van der Waals surface area contributed by atoms with Crippen molar-refractivity contribution in [3.05, 3.63) is 144 Å². The fourth-order valence-corrected chi connectivity index (χ4v) is 8.60. The summed E-state index contributed by atoms with van der Waals surface area (Å²) in [7, 11) is 0. The fraction of sp³-hybridized carbons (Fsp3) is 0.419. The van der Waals surface area contributed by atoms with E-state index in [1.165, 1.54) is 80.4 Å². The van der Waals surface area contributed by atoms with Gasteiger partial charge in [-0.25, -0.2) is 0 Å². The molecule has 1 aliphatic heterocycles. The van der Waals surface area contributed by atoms with Gasteiger partial charge in [-0.05, 0) is 93.0 Å².